The highest BCUT2D eigenvalue weighted by Gasteiger charge is 2.20. The minimum atomic E-state index is -0.284. The van der Waals surface area contributed by atoms with Crippen LogP contribution in [0.15, 0.2) is 36.5 Å². The fourth-order valence-electron chi connectivity index (χ4n) is 2.41. The molecule has 1 unspecified atom stereocenters. The fourth-order valence-corrected chi connectivity index (χ4v) is 2.41. The van der Waals surface area contributed by atoms with Crippen LogP contribution in [0.25, 0.3) is 11.3 Å². The van der Waals surface area contributed by atoms with Crippen molar-refractivity contribution >= 4 is 5.91 Å². The number of rotatable bonds is 5. The average Bonchev–Trinajstić information content (AvgIpc) is 2.91. The van der Waals surface area contributed by atoms with E-state index in [1.165, 1.54) is 5.56 Å². The predicted molar refractivity (Wildman–Crippen MR) is 85.1 cm³/mol. The van der Waals surface area contributed by atoms with Gasteiger partial charge < -0.3 is 4.90 Å². The van der Waals surface area contributed by atoms with E-state index < -0.39 is 0 Å². The Morgan fingerprint density at radius 3 is 2.52 bits per heavy atom. The molecule has 21 heavy (non-hydrogen) atoms. The minimum Gasteiger partial charge on any atom is -0.347 e. The standard InChI is InChI=1S/C17H23N3O/c1-5-9-15-12-20(13(2)17(21)19(3)4)18-16(15)14-10-7-6-8-11-14/h6-8,10-13H,5,9H2,1-4H3. The molecular weight excluding hydrogens is 262 g/mol. The molecule has 1 aromatic heterocycles. The van der Waals surface area contributed by atoms with Crippen LogP contribution in [0, 0.1) is 0 Å². The molecule has 4 heteroatoms. The molecular formula is C17H23N3O. The SMILES string of the molecule is CCCc1cn(C(C)C(=O)N(C)C)nc1-c1ccccc1. The molecule has 0 spiro atoms. The summed E-state index contributed by atoms with van der Waals surface area (Å²) in [7, 11) is 3.54. The smallest absolute Gasteiger partial charge is 0.246 e. The van der Waals surface area contributed by atoms with Crippen molar-refractivity contribution in [2.75, 3.05) is 14.1 Å². The molecule has 1 atom stereocenters. The van der Waals surface area contributed by atoms with Gasteiger partial charge in [-0.05, 0) is 18.9 Å². The second kappa shape index (κ2) is 6.57. The van der Waals surface area contributed by atoms with Gasteiger partial charge in [-0.1, -0.05) is 43.7 Å². The Hall–Kier alpha value is -2.10. The maximum Gasteiger partial charge on any atom is 0.246 e. The summed E-state index contributed by atoms with van der Waals surface area (Å²) in [5.74, 6) is 0.0557. The molecule has 0 aliphatic carbocycles. The highest BCUT2D eigenvalue weighted by molar-refractivity contribution is 5.79. The van der Waals surface area contributed by atoms with E-state index in [-0.39, 0.29) is 11.9 Å². The molecule has 0 N–H and O–H groups in total. The van der Waals surface area contributed by atoms with Crippen molar-refractivity contribution in [1.82, 2.24) is 14.7 Å². The summed E-state index contributed by atoms with van der Waals surface area (Å²) in [5.41, 5.74) is 3.28. The van der Waals surface area contributed by atoms with Crippen LogP contribution in [0.2, 0.25) is 0 Å². The van der Waals surface area contributed by atoms with Crippen molar-refractivity contribution in [3.63, 3.8) is 0 Å². The lowest BCUT2D eigenvalue weighted by Gasteiger charge is -2.16. The Kier molecular flexibility index (Phi) is 4.78. The number of aromatic nitrogens is 2. The first kappa shape index (κ1) is 15.3. The van der Waals surface area contributed by atoms with Crippen LogP contribution < -0.4 is 0 Å². The van der Waals surface area contributed by atoms with Crippen molar-refractivity contribution in [1.29, 1.82) is 0 Å². The zero-order valence-corrected chi connectivity index (χ0v) is 13.2. The Morgan fingerprint density at radius 2 is 1.95 bits per heavy atom. The van der Waals surface area contributed by atoms with E-state index in [4.69, 9.17) is 0 Å². The summed E-state index contributed by atoms with van der Waals surface area (Å²) >= 11 is 0. The van der Waals surface area contributed by atoms with Gasteiger partial charge in [0.2, 0.25) is 5.91 Å². The second-order valence-electron chi connectivity index (χ2n) is 5.51. The molecule has 0 bridgehead atoms. The first-order valence-corrected chi connectivity index (χ1v) is 7.39. The summed E-state index contributed by atoms with van der Waals surface area (Å²) in [4.78, 5) is 13.7. The van der Waals surface area contributed by atoms with Crippen LogP contribution >= 0.6 is 0 Å². The Morgan fingerprint density at radius 1 is 1.29 bits per heavy atom. The maximum absolute atomic E-state index is 12.1. The highest BCUT2D eigenvalue weighted by Crippen LogP contribution is 2.24. The third-order valence-electron chi connectivity index (χ3n) is 3.57. The van der Waals surface area contributed by atoms with Gasteiger partial charge in [-0.2, -0.15) is 5.10 Å². The number of hydrogen-bond acceptors (Lipinski definition) is 2. The van der Waals surface area contributed by atoms with Gasteiger partial charge in [0.15, 0.2) is 0 Å². The zero-order valence-electron chi connectivity index (χ0n) is 13.2. The van der Waals surface area contributed by atoms with Crippen LogP contribution in [0.4, 0.5) is 0 Å². The van der Waals surface area contributed by atoms with Gasteiger partial charge in [0.1, 0.15) is 6.04 Å². The van der Waals surface area contributed by atoms with Gasteiger partial charge in [0, 0.05) is 25.9 Å². The molecule has 0 aliphatic heterocycles. The van der Waals surface area contributed by atoms with Crippen LogP contribution in [0.3, 0.4) is 0 Å². The summed E-state index contributed by atoms with van der Waals surface area (Å²) in [6.45, 7) is 4.04. The number of aryl methyl sites for hydroxylation is 1. The average molecular weight is 285 g/mol. The summed E-state index contributed by atoms with van der Waals surface area (Å²) < 4.78 is 1.79. The molecule has 1 heterocycles. The van der Waals surface area contributed by atoms with E-state index in [2.05, 4.69) is 24.2 Å². The summed E-state index contributed by atoms with van der Waals surface area (Å²) in [5, 5.41) is 4.67. The molecule has 1 amide bonds. The normalized spacial score (nSPS) is 12.2. The molecule has 1 aromatic carbocycles. The van der Waals surface area contributed by atoms with Gasteiger partial charge in [-0.15, -0.1) is 0 Å². The maximum atomic E-state index is 12.1. The number of carbonyl (C=O) groups excluding carboxylic acids is 1. The number of likely N-dealkylation sites (N-methyl/N-ethyl adjacent to an activating group) is 1. The Balaban J connectivity index is 2.40. The van der Waals surface area contributed by atoms with Crippen LogP contribution in [-0.4, -0.2) is 34.7 Å². The van der Waals surface area contributed by atoms with Gasteiger partial charge in [0.05, 0.1) is 5.69 Å². The monoisotopic (exact) mass is 285 g/mol. The van der Waals surface area contributed by atoms with Gasteiger partial charge in [-0.3, -0.25) is 9.48 Å². The number of benzene rings is 1. The Labute approximate surface area is 126 Å². The number of carbonyl (C=O) groups is 1. The van der Waals surface area contributed by atoms with E-state index in [9.17, 15) is 4.79 Å². The first-order chi connectivity index (χ1) is 10.0. The third kappa shape index (κ3) is 3.32. The molecule has 2 rings (SSSR count). The van der Waals surface area contributed by atoms with E-state index in [1.807, 2.05) is 31.3 Å². The minimum absolute atomic E-state index is 0.0557. The van der Waals surface area contributed by atoms with Crippen molar-refractivity contribution in [3.05, 3.63) is 42.1 Å². The molecule has 0 aliphatic rings. The van der Waals surface area contributed by atoms with Gasteiger partial charge in [-0.25, -0.2) is 0 Å². The van der Waals surface area contributed by atoms with E-state index in [1.54, 1.807) is 23.7 Å². The molecule has 112 valence electrons. The lowest BCUT2D eigenvalue weighted by molar-refractivity contribution is -0.131. The molecule has 0 saturated heterocycles. The topological polar surface area (TPSA) is 38.1 Å². The van der Waals surface area contributed by atoms with Gasteiger partial charge >= 0.3 is 0 Å². The van der Waals surface area contributed by atoms with Crippen molar-refractivity contribution < 1.29 is 4.79 Å². The molecule has 0 radical (unpaired) electrons. The molecule has 0 fully saturated rings. The van der Waals surface area contributed by atoms with Crippen LogP contribution in [0.5, 0.6) is 0 Å². The van der Waals surface area contributed by atoms with Crippen LogP contribution in [0.1, 0.15) is 31.9 Å². The van der Waals surface area contributed by atoms with Crippen LogP contribution in [-0.2, 0) is 11.2 Å². The summed E-state index contributed by atoms with van der Waals surface area (Å²) in [6.07, 6.45) is 4.03. The number of nitrogens with zero attached hydrogens (tertiary/aromatic N) is 3. The number of hydrogen-bond donors (Lipinski definition) is 0. The first-order valence-electron chi connectivity index (χ1n) is 7.39. The Bertz CT molecular complexity index is 602. The zero-order chi connectivity index (χ0) is 15.4. The van der Waals surface area contributed by atoms with Crippen molar-refractivity contribution in [3.8, 4) is 11.3 Å². The quantitative estimate of drug-likeness (QED) is 0.846. The highest BCUT2D eigenvalue weighted by atomic mass is 16.2. The van der Waals surface area contributed by atoms with E-state index in [0.29, 0.717) is 0 Å². The lowest BCUT2D eigenvalue weighted by Crippen LogP contribution is -2.30. The van der Waals surface area contributed by atoms with Crippen molar-refractivity contribution in [2.45, 2.75) is 32.7 Å². The third-order valence-corrected chi connectivity index (χ3v) is 3.57. The second-order valence-corrected chi connectivity index (χ2v) is 5.51. The molecule has 4 nitrogen and oxygen atoms in total. The van der Waals surface area contributed by atoms with E-state index in [0.717, 1.165) is 24.1 Å². The lowest BCUT2D eigenvalue weighted by atomic mass is 10.1. The predicted octanol–water partition coefficient (Wildman–Crippen LogP) is 3.15. The van der Waals surface area contributed by atoms with E-state index >= 15 is 0 Å². The molecule has 2 aromatic rings. The summed E-state index contributed by atoms with van der Waals surface area (Å²) in [6, 6.07) is 9.86. The number of amides is 1. The fraction of sp³-hybridized carbons (Fsp3) is 0.412. The van der Waals surface area contributed by atoms with Crippen molar-refractivity contribution in [2.24, 2.45) is 0 Å². The molecule has 0 saturated carbocycles. The van der Waals surface area contributed by atoms with Gasteiger partial charge in [0.25, 0.3) is 0 Å². The largest absolute Gasteiger partial charge is 0.347 e.